The molecule has 0 aromatic rings. The zero-order valence-electron chi connectivity index (χ0n) is 15.2. The van der Waals surface area contributed by atoms with Gasteiger partial charge in [-0.15, -0.1) is 11.8 Å². The SMILES string of the molecule is CCC1=C(N)N=C(SCC2=C(C(=O)O)N3C(=O)C(N)[C@@H]3SC2)N(CC)C1N. The normalized spacial score (nSPS) is 28.2. The van der Waals surface area contributed by atoms with Gasteiger partial charge in [-0.3, -0.25) is 9.69 Å². The number of carbonyl (C=O) groups excluding carboxylic acids is 1. The largest absolute Gasteiger partial charge is 0.477 e. The Kier molecular flexibility index (Phi) is 5.75. The summed E-state index contributed by atoms with van der Waals surface area (Å²) >= 11 is 2.87. The van der Waals surface area contributed by atoms with E-state index in [1.807, 2.05) is 18.7 Å². The molecule has 0 aliphatic carbocycles. The number of hydrogen-bond acceptors (Lipinski definition) is 9. The first kappa shape index (κ1) is 20.1. The Hall–Kier alpha value is -1.69. The van der Waals surface area contributed by atoms with Crippen molar-refractivity contribution in [2.24, 2.45) is 22.2 Å². The van der Waals surface area contributed by atoms with Crippen LogP contribution in [0.4, 0.5) is 0 Å². The van der Waals surface area contributed by atoms with Crippen molar-refractivity contribution in [3.63, 3.8) is 0 Å². The number of nitrogens with two attached hydrogens (primary N) is 3. The van der Waals surface area contributed by atoms with Crippen molar-refractivity contribution in [1.82, 2.24) is 9.80 Å². The van der Waals surface area contributed by atoms with Gasteiger partial charge in [-0.25, -0.2) is 9.79 Å². The van der Waals surface area contributed by atoms with Gasteiger partial charge in [0.15, 0.2) is 5.17 Å². The Morgan fingerprint density at radius 1 is 1.41 bits per heavy atom. The molecule has 3 aliphatic rings. The lowest BCUT2D eigenvalue weighted by molar-refractivity contribution is -0.147. The standard InChI is InChI=1S/C16H24N6O3S2/c1-3-8-11(18)20-16(21(4-2)12(8)19)27-6-7-5-26-14-9(17)13(23)22(14)10(7)15(24)25/h9,12,14H,3-6,17-19H2,1-2H3,(H,24,25)/t9?,12?,14-/m0/s1. The third-order valence-electron chi connectivity index (χ3n) is 4.87. The minimum Gasteiger partial charge on any atom is -0.477 e. The third kappa shape index (κ3) is 3.33. The first-order valence-corrected chi connectivity index (χ1v) is 10.7. The lowest BCUT2D eigenvalue weighted by atomic mass is 10.0. The number of nitrogens with zero attached hydrogens (tertiary/aromatic N) is 3. The monoisotopic (exact) mass is 412 g/mol. The van der Waals surface area contributed by atoms with Crippen LogP contribution in [-0.2, 0) is 9.59 Å². The number of carboxylic acids is 1. The maximum atomic E-state index is 12.0. The van der Waals surface area contributed by atoms with Crippen LogP contribution in [0.3, 0.4) is 0 Å². The number of likely N-dealkylation sites (N-methyl/N-ethyl adjacent to an activating group) is 1. The zero-order valence-corrected chi connectivity index (χ0v) is 16.8. The van der Waals surface area contributed by atoms with E-state index < -0.39 is 12.0 Å². The van der Waals surface area contributed by atoms with E-state index in [0.29, 0.717) is 41.0 Å². The molecule has 3 atom stereocenters. The Bertz CT molecular complexity index is 765. The van der Waals surface area contributed by atoms with E-state index >= 15 is 0 Å². The molecule has 1 amide bonds. The Morgan fingerprint density at radius 3 is 2.70 bits per heavy atom. The van der Waals surface area contributed by atoms with Crippen LogP contribution in [0.5, 0.6) is 0 Å². The lowest BCUT2D eigenvalue weighted by Crippen LogP contribution is -2.68. The van der Waals surface area contributed by atoms with Crippen LogP contribution in [0.25, 0.3) is 0 Å². The number of β-lactam (4-membered cyclic amide) rings is 1. The average molecular weight is 413 g/mol. The van der Waals surface area contributed by atoms with Crippen molar-refractivity contribution in [3.8, 4) is 0 Å². The molecule has 0 saturated carbocycles. The molecule has 3 rings (SSSR count). The molecule has 3 aliphatic heterocycles. The highest BCUT2D eigenvalue weighted by atomic mass is 32.2. The van der Waals surface area contributed by atoms with Crippen LogP contribution in [0.1, 0.15) is 20.3 Å². The molecule has 0 spiro atoms. The molecule has 7 N–H and O–H groups in total. The summed E-state index contributed by atoms with van der Waals surface area (Å²) < 4.78 is 0. The molecule has 9 nitrogen and oxygen atoms in total. The fourth-order valence-corrected chi connectivity index (χ4v) is 5.91. The van der Waals surface area contributed by atoms with Gasteiger partial charge in [-0.05, 0) is 18.9 Å². The molecular weight excluding hydrogens is 388 g/mol. The van der Waals surface area contributed by atoms with Crippen molar-refractivity contribution < 1.29 is 14.7 Å². The van der Waals surface area contributed by atoms with Crippen LogP contribution >= 0.6 is 23.5 Å². The zero-order chi connectivity index (χ0) is 19.9. The second kappa shape index (κ2) is 7.74. The highest BCUT2D eigenvalue weighted by molar-refractivity contribution is 8.14. The molecule has 1 saturated heterocycles. The summed E-state index contributed by atoms with van der Waals surface area (Å²) in [5.41, 5.74) is 19.7. The molecule has 0 aromatic carbocycles. The molecular formula is C16H24N6O3S2. The summed E-state index contributed by atoms with van der Waals surface area (Å²) in [6, 6.07) is -0.632. The van der Waals surface area contributed by atoms with E-state index in [2.05, 4.69) is 4.99 Å². The Labute approximate surface area is 166 Å². The van der Waals surface area contributed by atoms with Gasteiger partial charge in [0, 0.05) is 23.6 Å². The van der Waals surface area contributed by atoms with Crippen molar-refractivity contribution in [2.75, 3.05) is 18.1 Å². The number of fused-ring (bicyclic) bond motifs is 1. The van der Waals surface area contributed by atoms with Gasteiger partial charge in [0.05, 0.1) is 0 Å². The number of hydrogen-bond donors (Lipinski definition) is 4. The van der Waals surface area contributed by atoms with Crippen LogP contribution in [0, 0.1) is 0 Å². The van der Waals surface area contributed by atoms with Gasteiger partial charge in [0.25, 0.3) is 0 Å². The van der Waals surface area contributed by atoms with Gasteiger partial charge in [-0.1, -0.05) is 18.7 Å². The third-order valence-corrected chi connectivity index (χ3v) is 7.31. The van der Waals surface area contributed by atoms with E-state index in [0.717, 1.165) is 5.57 Å². The van der Waals surface area contributed by atoms with Gasteiger partial charge in [0.2, 0.25) is 5.91 Å². The van der Waals surface area contributed by atoms with Crippen LogP contribution < -0.4 is 17.2 Å². The number of thioether (sulfide) groups is 2. The average Bonchev–Trinajstić information content (AvgIpc) is 2.64. The van der Waals surface area contributed by atoms with E-state index in [1.165, 1.54) is 28.4 Å². The maximum absolute atomic E-state index is 12.0. The van der Waals surface area contributed by atoms with Crippen LogP contribution in [0.15, 0.2) is 27.7 Å². The minimum atomic E-state index is -1.11. The summed E-state index contributed by atoms with van der Waals surface area (Å²) in [7, 11) is 0. The number of carbonyl (C=O) groups is 2. The number of amides is 1. The minimum absolute atomic E-state index is 0.0412. The Balaban J connectivity index is 1.83. The van der Waals surface area contributed by atoms with Gasteiger partial charge in [-0.2, -0.15) is 0 Å². The van der Waals surface area contributed by atoms with Crippen LogP contribution in [-0.4, -0.2) is 67.6 Å². The Morgan fingerprint density at radius 2 is 2.11 bits per heavy atom. The van der Waals surface area contributed by atoms with Crippen LogP contribution in [0.2, 0.25) is 0 Å². The fourth-order valence-electron chi connectivity index (χ4n) is 3.38. The summed E-state index contributed by atoms with van der Waals surface area (Å²) in [6.07, 6.45) is 0.377. The van der Waals surface area contributed by atoms with Crippen molar-refractivity contribution >= 4 is 40.6 Å². The van der Waals surface area contributed by atoms with Gasteiger partial charge >= 0.3 is 5.97 Å². The summed E-state index contributed by atoms with van der Waals surface area (Å²) in [4.78, 5) is 31.5. The summed E-state index contributed by atoms with van der Waals surface area (Å²) in [5.74, 6) is -0.144. The predicted octanol–water partition coefficient (Wildman–Crippen LogP) is -0.143. The lowest BCUT2D eigenvalue weighted by Gasteiger charge is -2.48. The first-order chi connectivity index (χ1) is 12.8. The van der Waals surface area contributed by atoms with E-state index in [-0.39, 0.29) is 23.1 Å². The molecule has 0 radical (unpaired) electrons. The van der Waals surface area contributed by atoms with Crippen molar-refractivity contribution in [1.29, 1.82) is 0 Å². The first-order valence-electron chi connectivity index (χ1n) is 8.69. The number of aliphatic imine (C=N–C) groups is 1. The predicted molar refractivity (Wildman–Crippen MR) is 107 cm³/mol. The number of rotatable bonds is 5. The van der Waals surface area contributed by atoms with E-state index in [9.17, 15) is 14.7 Å². The van der Waals surface area contributed by atoms with E-state index in [1.54, 1.807) is 0 Å². The second-order valence-corrected chi connectivity index (χ2v) is 8.42. The smallest absolute Gasteiger partial charge is 0.352 e. The molecule has 0 aromatic heterocycles. The summed E-state index contributed by atoms with van der Waals surface area (Å²) in [6.45, 7) is 4.62. The van der Waals surface area contributed by atoms with Gasteiger partial charge in [0.1, 0.15) is 29.1 Å². The highest BCUT2D eigenvalue weighted by Crippen LogP contribution is 2.40. The molecule has 3 heterocycles. The fraction of sp³-hybridized carbons (Fsp3) is 0.562. The number of aliphatic carboxylic acids is 1. The maximum Gasteiger partial charge on any atom is 0.352 e. The topological polar surface area (TPSA) is 151 Å². The van der Waals surface area contributed by atoms with Crippen molar-refractivity contribution in [2.45, 2.75) is 37.8 Å². The highest BCUT2D eigenvalue weighted by Gasteiger charge is 2.51. The van der Waals surface area contributed by atoms with E-state index in [4.69, 9.17) is 17.2 Å². The quantitative estimate of drug-likeness (QED) is 0.452. The molecule has 0 bridgehead atoms. The molecule has 148 valence electrons. The number of carboxylic acid groups (broad SMARTS) is 1. The number of amidine groups is 1. The molecule has 2 unspecified atom stereocenters. The summed E-state index contributed by atoms with van der Waals surface area (Å²) in [5, 5.41) is 9.99. The second-order valence-electron chi connectivity index (χ2n) is 6.37. The van der Waals surface area contributed by atoms with Crippen molar-refractivity contribution in [3.05, 3.63) is 22.7 Å². The van der Waals surface area contributed by atoms with Gasteiger partial charge < -0.3 is 27.2 Å². The molecule has 11 heteroatoms. The molecule has 1 fully saturated rings. The molecule has 27 heavy (non-hydrogen) atoms.